The molecule has 1 aliphatic rings. The van der Waals surface area contributed by atoms with Gasteiger partial charge in [-0.2, -0.15) is 0 Å². The van der Waals surface area contributed by atoms with Gasteiger partial charge in [-0.05, 0) is 25.8 Å². The first-order valence-electron chi connectivity index (χ1n) is 5.47. The molecule has 0 atom stereocenters. The summed E-state index contributed by atoms with van der Waals surface area (Å²) in [5.74, 6) is 2.27. The van der Waals surface area contributed by atoms with Gasteiger partial charge in [-0.25, -0.2) is 0 Å². The van der Waals surface area contributed by atoms with Crippen LogP contribution in [0.4, 0.5) is 0 Å². The lowest BCUT2D eigenvalue weighted by Crippen LogP contribution is -2.12. The quantitative estimate of drug-likeness (QED) is 0.734. The van der Waals surface area contributed by atoms with Crippen LogP contribution in [0.2, 0.25) is 0 Å². The molecule has 1 aromatic rings. The van der Waals surface area contributed by atoms with E-state index in [0.29, 0.717) is 17.5 Å². The normalized spacial score (nSPS) is 17.1. The maximum atomic E-state index is 11.8. The summed E-state index contributed by atoms with van der Waals surface area (Å²) < 4.78 is 5.19. The summed E-state index contributed by atoms with van der Waals surface area (Å²) in [6.45, 7) is 1.93. The maximum Gasteiger partial charge on any atom is 0.146 e. The van der Waals surface area contributed by atoms with Crippen molar-refractivity contribution in [1.29, 1.82) is 0 Å². The molecule has 82 valence electrons. The van der Waals surface area contributed by atoms with E-state index in [0.717, 1.165) is 23.5 Å². The van der Waals surface area contributed by atoms with Gasteiger partial charge in [-0.3, -0.25) is 4.79 Å². The summed E-state index contributed by atoms with van der Waals surface area (Å²) in [4.78, 5) is 12.9. The number of carbonyl (C=O) groups is 1. The third-order valence-electron chi connectivity index (χ3n) is 2.99. The highest BCUT2D eigenvalue weighted by Gasteiger charge is 2.22. The van der Waals surface area contributed by atoms with Crippen LogP contribution >= 0.6 is 11.8 Å². The van der Waals surface area contributed by atoms with E-state index < -0.39 is 0 Å². The van der Waals surface area contributed by atoms with E-state index >= 15 is 0 Å². The number of furan rings is 1. The summed E-state index contributed by atoms with van der Waals surface area (Å²) in [6, 6.07) is 1.93. The molecule has 0 saturated heterocycles. The summed E-state index contributed by atoms with van der Waals surface area (Å²) >= 11 is 1.61. The van der Waals surface area contributed by atoms with Gasteiger partial charge < -0.3 is 4.42 Å². The van der Waals surface area contributed by atoms with Crippen molar-refractivity contribution in [3.05, 3.63) is 18.1 Å². The Labute approximate surface area is 94.4 Å². The van der Waals surface area contributed by atoms with Crippen LogP contribution in [0, 0.1) is 12.8 Å². The van der Waals surface area contributed by atoms with E-state index in [1.807, 2.05) is 13.0 Å². The van der Waals surface area contributed by atoms with Crippen LogP contribution in [0.25, 0.3) is 0 Å². The zero-order valence-electron chi connectivity index (χ0n) is 8.99. The number of Topliss-reactive ketones (excluding diaryl/α,β-unsaturated/α-hetero) is 1. The predicted molar refractivity (Wildman–Crippen MR) is 61.1 cm³/mol. The second-order valence-corrected chi connectivity index (χ2v) is 5.09. The fraction of sp³-hybridized carbons (Fsp3) is 0.583. The molecular weight excluding hydrogens is 208 g/mol. The predicted octanol–water partition coefficient (Wildman–Crippen LogP) is 3.44. The van der Waals surface area contributed by atoms with Crippen molar-refractivity contribution in [1.82, 2.24) is 0 Å². The Kier molecular flexibility index (Phi) is 3.52. The first-order chi connectivity index (χ1) is 7.27. The average molecular weight is 224 g/mol. The summed E-state index contributed by atoms with van der Waals surface area (Å²) in [5.41, 5.74) is 0. The lowest BCUT2D eigenvalue weighted by molar-refractivity contribution is -0.120. The number of carbonyl (C=O) groups excluding carboxylic acids is 1. The first-order valence-corrected chi connectivity index (χ1v) is 6.45. The van der Waals surface area contributed by atoms with E-state index in [-0.39, 0.29) is 0 Å². The van der Waals surface area contributed by atoms with Crippen molar-refractivity contribution in [2.75, 3.05) is 5.75 Å². The summed E-state index contributed by atoms with van der Waals surface area (Å²) in [5, 5.41) is 0. The molecule has 2 rings (SSSR count). The number of rotatable bonds is 4. The topological polar surface area (TPSA) is 30.2 Å². The lowest BCUT2D eigenvalue weighted by atomic mass is 10.0. The van der Waals surface area contributed by atoms with Crippen molar-refractivity contribution < 1.29 is 9.21 Å². The van der Waals surface area contributed by atoms with E-state index in [1.54, 1.807) is 18.0 Å². The monoisotopic (exact) mass is 224 g/mol. The number of thioether (sulfide) groups is 1. The van der Waals surface area contributed by atoms with Crippen molar-refractivity contribution in [3.8, 4) is 0 Å². The molecule has 1 fully saturated rings. The Morgan fingerprint density at radius 2 is 2.27 bits per heavy atom. The highest BCUT2D eigenvalue weighted by atomic mass is 32.2. The van der Waals surface area contributed by atoms with Gasteiger partial charge in [-0.1, -0.05) is 12.8 Å². The molecule has 15 heavy (non-hydrogen) atoms. The van der Waals surface area contributed by atoms with E-state index in [2.05, 4.69) is 0 Å². The number of ketones is 1. The molecule has 1 saturated carbocycles. The van der Waals surface area contributed by atoms with Crippen LogP contribution in [-0.2, 0) is 4.79 Å². The standard InChI is InChI=1S/C12H16O2S/c1-9-12(6-7-14-9)15-8-11(13)10-4-2-3-5-10/h6-7,10H,2-5,8H2,1H3. The molecule has 1 aromatic heterocycles. The average Bonchev–Trinajstić information content (AvgIpc) is 2.85. The molecule has 0 N–H and O–H groups in total. The second-order valence-electron chi connectivity index (χ2n) is 4.08. The maximum absolute atomic E-state index is 11.8. The Hall–Kier alpha value is -0.700. The molecule has 1 heterocycles. The molecule has 3 heteroatoms. The SMILES string of the molecule is Cc1occc1SCC(=O)C1CCCC1. The molecule has 0 amide bonds. The number of aryl methyl sites for hydroxylation is 1. The van der Waals surface area contributed by atoms with Gasteiger partial charge >= 0.3 is 0 Å². The van der Waals surface area contributed by atoms with Gasteiger partial charge in [0.05, 0.1) is 12.0 Å². The smallest absolute Gasteiger partial charge is 0.146 e. The van der Waals surface area contributed by atoms with Crippen LogP contribution in [0.5, 0.6) is 0 Å². The molecule has 0 radical (unpaired) electrons. The minimum Gasteiger partial charge on any atom is -0.468 e. The van der Waals surface area contributed by atoms with Crippen LogP contribution in [0.1, 0.15) is 31.4 Å². The third-order valence-corrected chi connectivity index (χ3v) is 4.16. The van der Waals surface area contributed by atoms with Gasteiger partial charge in [0.1, 0.15) is 11.5 Å². The number of hydrogen-bond donors (Lipinski definition) is 0. The van der Waals surface area contributed by atoms with Crippen LogP contribution in [0.15, 0.2) is 21.6 Å². The Morgan fingerprint density at radius 1 is 1.53 bits per heavy atom. The highest BCUT2D eigenvalue weighted by Crippen LogP contribution is 2.29. The lowest BCUT2D eigenvalue weighted by Gasteiger charge is -2.06. The largest absolute Gasteiger partial charge is 0.468 e. The van der Waals surface area contributed by atoms with E-state index in [9.17, 15) is 4.79 Å². The molecular formula is C12H16O2S. The third kappa shape index (κ3) is 2.65. The molecule has 0 spiro atoms. The van der Waals surface area contributed by atoms with E-state index in [1.165, 1.54) is 12.8 Å². The second kappa shape index (κ2) is 4.88. The zero-order chi connectivity index (χ0) is 10.7. The molecule has 0 aliphatic heterocycles. The van der Waals surface area contributed by atoms with Crippen LogP contribution in [-0.4, -0.2) is 11.5 Å². The molecule has 0 unspecified atom stereocenters. The zero-order valence-corrected chi connectivity index (χ0v) is 9.81. The van der Waals surface area contributed by atoms with Crippen LogP contribution < -0.4 is 0 Å². The molecule has 0 bridgehead atoms. The Morgan fingerprint density at radius 3 is 2.87 bits per heavy atom. The fourth-order valence-corrected chi connectivity index (χ4v) is 2.97. The molecule has 0 aromatic carbocycles. The van der Waals surface area contributed by atoms with Crippen molar-refractivity contribution in [2.45, 2.75) is 37.5 Å². The minimum atomic E-state index is 0.338. The first kappa shape index (κ1) is 10.8. The van der Waals surface area contributed by atoms with E-state index in [4.69, 9.17) is 4.42 Å². The van der Waals surface area contributed by atoms with Crippen molar-refractivity contribution in [3.63, 3.8) is 0 Å². The number of hydrogen-bond acceptors (Lipinski definition) is 3. The minimum absolute atomic E-state index is 0.338. The summed E-state index contributed by atoms with van der Waals surface area (Å²) in [6.07, 6.45) is 6.34. The van der Waals surface area contributed by atoms with Gasteiger partial charge in [0, 0.05) is 10.8 Å². The fourth-order valence-electron chi connectivity index (χ4n) is 2.04. The molecule has 2 nitrogen and oxygen atoms in total. The Balaban J connectivity index is 1.83. The Bertz CT molecular complexity index is 337. The molecule has 1 aliphatic carbocycles. The summed E-state index contributed by atoms with van der Waals surface area (Å²) in [7, 11) is 0. The van der Waals surface area contributed by atoms with Gasteiger partial charge in [0.25, 0.3) is 0 Å². The van der Waals surface area contributed by atoms with Gasteiger partial charge in [0.15, 0.2) is 0 Å². The van der Waals surface area contributed by atoms with Crippen molar-refractivity contribution >= 4 is 17.5 Å². The van der Waals surface area contributed by atoms with Gasteiger partial charge in [0.2, 0.25) is 0 Å². The van der Waals surface area contributed by atoms with Crippen LogP contribution in [0.3, 0.4) is 0 Å². The highest BCUT2D eigenvalue weighted by molar-refractivity contribution is 8.00. The van der Waals surface area contributed by atoms with Gasteiger partial charge in [-0.15, -0.1) is 11.8 Å². The van der Waals surface area contributed by atoms with Crippen molar-refractivity contribution in [2.24, 2.45) is 5.92 Å².